The lowest BCUT2D eigenvalue weighted by Gasteiger charge is -2.14. The molecule has 0 saturated heterocycles. The van der Waals surface area contributed by atoms with E-state index in [1.54, 1.807) is 19.2 Å². The van der Waals surface area contributed by atoms with Crippen molar-refractivity contribution in [2.75, 3.05) is 20.6 Å². The van der Waals surface area contributed by atoms with E-state index in [2.05, 4.69) is 11.9 Å². The first-order chi connectivity index (χ1) is 8.02. The van der Waals surface area contributed by atoms with Gasteiger partial charge in [-0.3, -0.25) is 0 Å². The molecule has 0 saturated carbocycles. The number of nitrogens with one attached hydrogen (secondary N) is 1. The van der Waals surface area contributed by atoms with Gasteiger partial charge in [0.15, 0.2) is 0 Å². The summed E-state index contributed by atoms with van der Waals surface area (Å²) in [5, 5.41) is 4.86. The van der Waals surface area contributed by atoms with Crippen molar-refractivity contribution in [3.8, 4) is 0 Å². The number of rotatable bonds is 7. The fraction of sp³-hybridized carbons (Fsp3) is 0.455. The molecular formula is C11H18N2O2S2. The van der Waals surface area contributed by atoms with Crippen molar-refractivity contribution in [1.82, 2.24) is 9.62 Å². The van der Waals surface area contributed by atoms with E-state index in [1.807, 2.05) is 12.4 Å². The van der Waals surface area contributed by atoms with Crippen molar-refractivity contribution >= 4 is 21.4 Å². The molecule has 1 heterocycles. The molecule has 0 amide bonds. The highest BCUT2D eigenvalue weighted by atomic mass is 32.2. The van der Waals surface area contributed by atoms with E-state index >= 15 is 0 Å². The minimum atomic E-state index is -3.33. The summed E-state index contributed by atoms with van der Waals surface area (Å²) in [6.45, 7) is 4.74. The second-order valence-electron chi connectivity index (χ2n) is 3.71. The Morgan fingerprint density at radius 2 is 2.29 bits per heavy atom. The maximum Gasteiger partial charge on any atom is 0.252 e. The van der Waals surface area contributed by atoms with Crippen molar-refractivity contribution in [2.24, 2.45) is 0 Å². The largest absolute Gasteiger partial charge is 0.316 e. The molecule has 96 valence electrons. The Hall–Kier alpha value is -0.690. The molecule has 0 radical (unpaired) electrons. The van der Waals surface area contributed by atoms with E-state index in [9.17, 15) is 8.42 Å². The van der Waals surface area contributed by atoms with Crippen molar-refractivity contribution in [3.05, 3.63) is 29.7 Å². The van der Waals surface area contributed by atoms with Crippen LogP contribution in [-0.2, 0) is 16.6 Å². The smallest absolute Gasteiger partial charge is 0.252 e. The van der Waals surface area contributed by atoms with Gasteiger partial charge in [-0.1, -0.05) is 6.08 Å². The third kappa shape index (κ3) is 3.64. The van der Waals surface area contributed by atoms with Gasteiger partial charge in [0, 0.05) is 20.1 Å². The van der Waals surface area contributed by atoms with Gasteiger partial charge in [-0.05, 0) is 30.5 Å². The Balaban J connectivity index is 2.84. The van der Waals surface area contributed by atoms with Gasteiger partial charge >= 0.3 is 0 Å². The van der Waals surface area contributed by atoms with Gasteiger partial charge in [-0.25, -0.2) is 8.42 Å². The fourth-order valence-electron chi connectivity index (χ4n) is 1.33. The summed E-state index contributed by atoms with van der Waals surface area (Å²) in [4.78, 5) is 0. The number of hydrogen-bond acceptors (Lipinski definition) is 4. The molecule has 1 aromatic heterocycles. The van der Waals surface area contributed by atoms with E-state index in [0.717, 1.165) is 5.56 Å². The lowest BCUT2D eigenvalue weighted by atomic mass is 10.3. The monoisotopic (exact) mass is 274 g/mol. The quantitative estimate of drug-likeness (QED) is 0.769. The van der Waals surface area contributed by atoms with Crippen LogP contribution >= 0.6 is 11.3 Å². The van der Waals surface area contributed by atoms with Gasteiger partial charge in [-0.15, -0.1) is 17.9 Å². The van der Waals surface area contributed by atoms with Crippen LogP contribution in [0.1, 0.15) is 12.0 Å². The van der Waals surface area contributed by atoms with Crippen LogP contribution in [0.4, 0.5) is 0 Å². The summed E-state index contributed by atoms with van der Waals surface area (Å²) in [6, 6.07) is 1.72. The van der Waals surface area contributed by atoms with E-state index < -0.39 is 10.0 Å². The van der Waals surface area contributed by atoms with E-state index in [0.29, 0.717) is 23.7 Å². The first-order valence-electron chi connectivity index (χ1n) is 5.31. The summed E-state index contributed by atoms with van der Waals surface area (Å²) >= 11 is 1.26. The Bertz CT molecular complexity index is 466. The minimum absolute atomic E-state index is 0.398. The zero-order valence-corrected chi connectivity index (χ0v) is 11.8. The Kier molecular flexibility index (Phi) is 5.32. The van der Waals surface area contributed by atoms with Crippen LogP contribution in [0.15, 0.2) is 28.3 Å². The predicted molar refractivity (Wildman–Crippen MR) is 71.7 cm³/mol. The lowest BCUT2D eigenvalue weighted by molar-refractivity contribution is 0.477. The van der Waals surface area contributed by atoms with E-state index in [4.69, 9.17) is 0 Å². The normalized spacial score (nSPS) is 11.9. The highest BCUT2D eigenvalue weighted by molar-refractivity contribution is 7.91. The van der Waals surface area contributed by atoms with Crippen molar-refractivity contribution in [1.29, 1.82) is 0 Å². The third-order valence-electron chi connectivity index (χ3n) is 2.32. The maximum absolute atomic E-state index is 12.1. The van der Waals surface area contributed by atoms with Gasteiger partial charge in [0.05, 0.1) is 0 Å². The van der Waals surface area contributed by atoms with E-state index in [-0.39, 0.29) is 0 Å². The Labute approximate surface area is 107 Å². The van der Waals surface area contributed by atoms with Gasteiger partial charge in [-0.2, -0.15) is 4.31 Å². The topological polar surface area (TPSA) is 49.4 Å². The summed E-state index contributed by atoms with van der Waals surface area (Å²) in [7, 11) is 0.0965. The van der Waals surface area contributed by atoms with Gasteiger partial charge in [0.25, 0.3) is 10.0 Å². The molecule has 4 nitrogen and oxygen atoms in total. The van der Waals surface area contributed by atoms with Gasteiger partial charge in [0.1, 0.15) is 4.21 Å². The average molecular weight is 274 g/mol. The molecule has 1 rings (SSSR count). The SMILES string of the molecule is C=CCCN(C)S(=O)(=O)c1cc(CNC)cs1. The molecule has 1 N–H and O–H groups in total. The zero-order valence-electron chi connectivity index (χ0n) is 10.1. The van der Waals surface area contributed by atoms with Crippen molar-refractivity contribution in [2.45, 2.75) is 17.2 Å². The predicted octanol–water partition coefficient (Wildman–Crippen LogP) is 1.66. The molecule has 0 spiro atoms. The molecule has 0 aliphatic rings. The van der Waals surface area contributed by atoms with Crippen molar-refractivity contribution in [3.63, 3.8) is 0 Å². The fourth-order valence-corrected chi connectivity index (χ4v) is 3.94. The maximum atomic E-state index is 12.1. The van der Waals surface area contributed by atoms with Crippen molar-refractivity contribution < 1.29 is 8.42 Å². The molecular weight excluding hydrogens is 256 g/mol. The molecule has 0 aromatic carbocycles. The minimum Gasteiger partial charge on any atom is -0.316 e. The summed E-state index contributed by atoms with van der Waals surface area (Å²) in [5.41, 5.74) is 0.994. The number of thiophene rings is 1. The first kappa shape index (κ1) is 14.4. The Morgan fingerprint density at radius 3 is 2.88 bits per heavy atom. The van der Waals surface area contributed by atoms with Crippen LogP contribution < -0.4 is 5.32 Å². The molecule has 1 aromatic rings. The van der Waals surface area contributed by atoms with Crippen LogP contribution in [0.2, 0.25) is 0 Å². The lowest BCUT2D eigenvalue weighted by Crippen LogP contribution is -2.27. The van der Waals surface area contributed by atoms with Gasteiger partial charge < -0.3 is 5.32 Å². The molecule has 0 fully saturated rings. The molecule has 0 unspecified atom stereocenters. The molecule has 0 bridgehead atoms. The average Bonchev–Trinajstić information content (AvgIpc) is 2.75. The number of sulfonamides is 1. The Morgan fingerprint density at radius 1 is 1.59 bits per heavy atom. The first-order valence-corrected chi connectivity index (χ1v) is 7.63. The van der Waals surface area contributed by atoms with Crippen LogP contribution in [0.5, 0.6) is 0 Å². The molecule has 0 atom stereocenters. The second-order valence-corrected chi connectivity index (χ2v) is 6.89. The second kappa shape index (κ2) is 6.30. The molecule has 0 aliphatic carbocycles. The molecule has 17 heavy (non-hydrogen) atoms. The summed E-state index contributed by atoms with van der Waals surface area (Å²) < 4.78 is 26.0. The number of hydrogen-bond donors (Lipinski definition) is 1. The zero-order chi connectivity index (χ0) is 12.9. The van der Waals surface area contributed by atoms with Crippen LogP contribution in [-0.4, -0.2) is 33.4 Å². The van der Waals surface area contributed by atoms with Crippen LogP contribution in [0, 0.1) is 0 Å². The van der Waals surface area contributed by atoms with Crippen LogP contribution in [0.25, 0.3) is 0 Å². The number of nitrogens with zero attached hydrogens (tertiary/aromatic N) is 1. The summed E-state index contributed by atoms with van der Waals surface area (Å²) in [5.74, 6) is 0. The highest BCUT2D eigenvalue weighted by Crippen LogP contribution is 2.23. The summed E-state index contributed by atoms with van der Waals surface area (Å²) in [6.07, 6.45) is 2.37. The molecule has 0 aliphatic heterocycles. The van der Waals surface area contributed by atoms with Crippen LogP contribution in [0.3, 0.4) is 0 Å². The highest BCUT2D eigenvalue weighted by Gasteiger charge is 2.21. The third-order valence-corrected chi connectivity index (χ3v) is 5.64. The molecule has 6 heteroatoms. The van der Waals surface area contributed by atoms with Gasteiger partial charge in [0.2, 0.25) is 0 Å². The standard InChI is InChI=1S/C11H18N2O2S2/c1-4-5-6-13(3)17(14,15)11-7-10(8-12-2)9-16-11/h4,7,9,12H,1,5-6,8H2,2-3H3. The van der Waals surface area contributed by atoms with E-state index in [1.165, 1.54) is 15.6 Å².